The molecule has 1 heterocycles. The van der Waals surface area contributed by atoms with E-state index in [0.29, 0.717) is 24.7 Å². The van der Waals surface area contributed by atoms with Gasteiger partial charge in [0.05, 0.1) is 13.0 Å². The smallest absolute Gasteiger partial charge is 0.343 e. The molecule has 0 radical (unpaired) electrons. The van der Waals surface area contributed by atoms with E-state index in [4.69, 9.17) is 4.74 Å². The van der Waals surface area contributed by atoms with Crippen molar-refractivity contribution in [3.05, 3.63) is 10.5 Å². The molecule has 1 unspecified atom stereocenters. The third-order valence-corrected chi connectivity index (χ3v) is 3.20. The third-order valence-electron chi connectivity index (χ3n) is 2.11. The predicted octanol–water partition coefficient (Wildman–Crippen LogP) is 1.03. The molecule has 1 atom stereocenters. The van der Waals surface area contributed by atoms with Crippen molar-refractivity contribution in [1.82, 2.24) is 14.8 Å². The van der Waals surface area contributed by atoms with Gasteiger partial charge in [-0.2, -0.15) is 0 Å². The van der Waals surface area contributed by atoms with Crippen molar-refractivity contribution in [2.75, 3.05) is 6.61 Å². The molecule has 1 aromatic heterocycles. The Morgan fingerprint density at radius 2 is 2.29 bits per heavy atom. The highest BCUT2D eigenvalue weighted by molar-refractivity contribution is 7.99. The van der Waals surface area contributed by atoms with Crippen molar-refractivity contribution in [1.29, 1.82) is 0 Å². The number of hydrogen-bond acceptors (Lipinski definition) is 5. The molecule has 1 rings (SSSR count). The van der Waals surface area contributed by atoms with Crippen LogP contribution >= 0.6 is 11.8 Å². The second kappa shape index (κ2) is 6.48. The lowest BCUT2D eigenvalue weighted by Crippen LogP contribution is -2.17. The number of carbonyl (C=O) groups excluding carboxylic acids is 1. The Hall–Kier alpha value is -1.24. The van der Waals surface area contributed by atoms with Crippen LogP contribution in [0.5, 0.6) is 0 Å². The van der Waals surface area contributed by atoms with Crippen LogP contribution < -0.4 is 5.69 Å². The van der Waals surface area contributed by atoms with Gasteiger partial charge in [-0.3, -0.25) is 9.36 Å². The van der Waals surface area contributed by atoms with Crippen LogP contribution in [0, 0.1) is 0 Å². The number of esters is 1. The second-order valence-corrected chi connectivity index (χ2v) is 4.90. The van der Waals surface area contributed by atoms with E-state index in [-0.39, 0.29) is 16.9 Å². The maximum Gasteiger partial charge on any atom is 0.343 e. The van der Waals surface area contributed by atoms with Gasteiger partial charge in [0, 0.05) is 11.8 Å². The quantitative estimate of drug-likeness (QED) is 0.610. The lowest BCUT2D eigenvalue weighted by Gasteiger charge is -2.09. The average molecular weight is 259 g/mol. The first-order chi connectivity index (χ1) is 8.08. The summed E-state index contributed by atoms with van der Waals surface area (Å²) < 4.78 is 6.40. The number of aromatic nitrogens is 3. The van der Waals surface area contributed by atoms with Crippen LogP contribution in [0.2, 0.25) is 0 Å². The van der Waals surface area contributed by atoms with Gasteiger partial charge in [-0.1, -0.05) is 18.7 Å². The van der Waals surface area contributed by atoms with Crippen molar-refractivity contribution in [3.8, 4) is 0 Å². The van der Waals surface area contributed by atoms with E-state index >= 15 is 0 Å². The van der Waals surface area contributed by atoms with E-state index < -0.39 is 0 Å². The number of nitrogens with zero attached hydrogens (tertiary/aromatic N) is 2. The van der Waals surface area contributed by atoms with Crippen molar-refractivity contribution in [2.45, 2.75) is 44.1 Å². The molecule has 96 valence electrons. The monoisotopic (exact) mass is 259 g/mol. The molecule has 0 saturated heterocycles. The number of thioether (sulfide) groups is 1. The van der Waals surface area contributed by atoms with E-state index in [1.807, 2.05) is 13.8 Å². The molecule has 1 aromatic rings. The second-order valence-electron chi connectivity index (χ2n) is 3.49. The van der Waals surface area contributed by atoms with Crippen molar-refractivity contribution < 1.29 is 9.53 Å². The molecule has 0 saturated carbocycles. The predicted molar refractivity (Wildman–Crippen MR) is 65.1 cm³/mol. The van der Waals surface area contributed by atoms with Crippen molar-refractivity contribution >= 4 is 17.7 Å². The number of aromatic amines is 1. The highest BCUT2D eigenvalue weighted by Gasteiger charge is 2.15. The van der Waals surface area contributed by atoms with Crippen LogP contribution in [0.3, 0.4) is 0 Å². The summed E-state index contributed by atoms with van der Waals surface area (Å²) in [6.07, 6.45) is 0.309. The number of nitrogens with one attached hydrogen (secondary N) is 1. The molecule has 0 aromatic carbocycles. The number of rotatable bonds is 6. The van der Waals surface area contributed by atoms with Gasteiger partial charge in [0.2, 0.25) is 0 Å². The zero-order chi connectivity index (χ0) is 12.8. The first-order valence-corrected chi connectivity index (χ1v) is 6.43. The number of H-pyrrole nitrogens is 1. The maximum atomic E-state index is 11.3. The lowest BCUT2D eigenvalue weighted by molar-refractivity contribution is -0.142. The van der Waals surface area contributed by atoms with Gasteiger partial charge in [0.15, 0.2) is 5.16 Å². The largest absolute Gasteiger partial charge is 0.466 e. The summed E-state index contributed by atoms with van der Waals surface area (Å²) in [5.74, 6) is -0.228. The van der Waals surface area contributed by atoms with Crippen LogP contribution in [-0.2, 0) is 16.1 Å². The summed E-state index contributed by atoms with van der Waals surface area (Å²) in [6.45, 7) is 6.50. The van der Waals surface area contributed by atoms with Crippen LogP contribution in [-0.4, -0.2) is 32.6 Å². The molecule has 0 aliphatic carbocycles. The van der Waals surface area contributed by atoms with E-state index in [9.17, 15) is 9.59 Å². The summed E-state index contributed by atoms with van der Waals surface area (Å²) in [5.41, 5.74) is -0.224. The Labute approximate surface area is 104 Å². The lowest BCUT2D eigenvalue weighted by atomic mass is 10.3. The van der Waals surface area contributed by atoms with Crippen LogP contribution in [0.15, 0.2) is 9.95 Å². The average Bonchev–Trinajstić information content (AvgIpc) is 2.59. The molecule has 0 spiro atoms. The molecule has 0 fully saturated rings. The van der Waals surface area contributed by atoms with E-state index in [0.717, 1.165) is 0 Å². The number of ether oxygens (including phenoxy) is 1. The zero-order valence-corrected chi connectivity index (χ0v) is 11.0. The Bertz CT molecular complexity index is 427. The van der Waals surface area contributed by atoms with Gasteiger partial charge >= 0.3 is 11.7 Å². The summed E-state index contributed by atoms with van der Waals surface area (Å²) in [4.78, 5) is 22.6. The summed E-state index contributed by atoms with van der Waals surface area (Å²) in [6, 6.07) is 0. The maximum absolute atomic E-state index is 11.3. The number of carbonyl (C=O) groups is 1. The molecule has 7 heteroatoms. The minimum atomic E-state index is -0.228. The van der Waals surface area contributed by atoms with Gasteiger partial charge < -0.3 is 4.74 Å². The minimum absolute atomic E-state index is 0.0227. The fourth-order valence-corrected chi connectivity index (χ4v) is 2.37. The molecule has 0 bridgehead atoms. The molecular formula is C10H17N3O3S. The Kier molecular flexibility index (Phi) is 5.27. The highest BCUT2D eigenvalue weighted by Crippen LogP contribution is 2.22. The fraction of sp³-hybridized carbons (Fsp3) is 0.700. The minimum Gasteiger partial charge on any atom is -0.466 e. The van der Waals surface area contributed by atoms with Gasteiger partial charge in [-0.25, -0.2) is 9.89 Å². The summed E-state index contributed by atoms with van der Waals surface area (Å²) in [5, 5.41) is 6.94. The van der Waals surface area contributed by atoms with E-state index in [1.54, 1.807) is 6.92 Å². The topological polar surface area (TPSA) is 77.0 Å². The first kappa shape index (κ1) is 13.8. The Morgan fingerprint density at radius 3 is 2.88 bits per heavy atom. The first-order valence-electron chi connectivity index (χ1n) is 5.55. The van der Waals surface area contributed by atoms with Gasteiger partial charge in [-0.05, 0) is 13.8 Å². The molecule has 17 heavy (non-hydrogen) atoms. The van der Waals surface area contributed by atoms with E-state index in [1.165, 1.54) is 16.3 Å². The summed E-state index contributed by atoms with van der Waals surface area (Å²) in [7, 11) is 0. The summed E-state index contributed by atoms with van der Waals surface area (Å²) >= 11 is 1.39. The molecule has 6 nitrogen and oxygen atoms in total. The standard InChI is InChI=1S/C10H17N3O3S/c1-4-13-9(15)11-12-10(13)17-7(3)6-8(14)16-5-2/h7H,4-6H2,1-3H3,(H,11,15). The van der Waals surface area contributed by atoms with Gasteiger partial charge in [-0.15, -0.1) is 5.10 Å². The van der Waals surface area contributed by atoms with Crippen LogP contribution in [0.25, 0.3) is 0 Å². The molecular weight excluding hydrogens is 242 g/mol. The van der Waals surface area contributed by atoms with Crippen LogP contribution in [0.1, 0.15) is 27.2 Å². The molecule has 0 aliphatic rings. The van der Waals surface area contributed by atoms with Crippen LogP contribution in [0.4, 0.5) is 0 Å². The third kappa shape index (κ3) is 3.92. The Morgan fingerprint density at radius 1 is 1.59 bits per heavy atom. The van der Waals surface area contributed by atoms with Gasteiger partial charge in [0.1, 0.15) is 0 Å². The van der Waals surface area contributed by atoms with Crippen molar-refractivity contribution in [3.63, 3.8) is 0 Å². The normalized spacial score (nSPS) is 12.4. The Balaban J connectivity index is 2.58. The highest BCUT2D eigenvalue weighted by atomic mass is 32.2. The zero-order valence-electron chi connectivity index (χ0n) is 10.2. The fourth-order valence-electron chi connectivity index (χ4n) is 1.35. The SMILES string of the molecule is CCOC(=O)CC(C)Sc1n[nH]c(=O)n1CC. The number of hydrogen-bond donors (Lipinski definition) is 1. The molecule has 0 aliphatic heterocycles. The van der Waals surface area contributed by atoms with Gasteiger partial charge in [0.25, 0.3) is 0 Å². The molecule has 0 amide bonds. The molecule has 1 N–H and O–H groups in total. The van der Waals surface area contributed by atoms with E-state index in [2.05, 4.69) is 10.2 Å². The van der Waals surface area contributed by atoms with Crippen molar-refractivity contribution in [2.24, 2.45) is 0 Å².